The number of ether oxygens (including phenoxy) is 1. The molecule has 1 aromatic carbocycles. The highest BCUT2D eigenvalue weighted by Crippen LogP contribution is 2.35. The first-order valence-electron chi connectivity index (χ1n) is 8.97. The van der Waals surface area contributed by atoms with Gasteiger partial charge in [-0.25, -0.2) is 0 Å². The van der Waals surface area contributed by atoms with Crippen LogP contribution in [0.25, 0.3) is 0 Å². The number of hydrogen-bond acceptors (Lipinski definition) is 4. The zero-order valence-corrected chi connectivity index (χ0v) is 15.3. The van der Waals surface area contributed by atoms with Crippen LogP contribution in [0.4, 0.5) is 0 Å². The molecule has 0 bridgehead atoms. The monoisotopic (exact) mass is 345 g/mol. The summed E-state index contributed by atoms with van der Waals surface area (Å²) < 4.78 is 6.41. The van der Waals surface area contributed by atoms with Crippen LogP contribution in [0.2, 0.25) is 0 Å². The first-order chi connectivity index (χ1) is 11.9. The summed E-state index contributed by atoms with van der Waals surface area (Å²) in [6, 6.07) is 5.71. The number of fused-ring (bicyclic) bond motifs is 1. The SMILES string of the molecule is CCNC(=O)CN1CC2(CCN(C)CC2)Oc2ccc(C)cc2C1=O. The van der Waals surface area contributed by atoms with Crippen molar-refractivity contribution in [2.24, 2.45) is 0 Å². The molecular weight excluding hydrogens is 318 g/mol. The molecule has 0 aromatic heterocycles. The fraction of sp³-hybridized carbons (Fsp3) is 0.579. The number of piperidine rings is 1. The van der Waals surface area contributed by atoms with Crippen LogP contribution >= 0.6 is 0 Å². The van der Waals surface area contributed by atoms with Gasteiger partial charge >= 0.3 is 0 Å². The Morgan fingerprint density at radius 3 is 2.72 bits per heavy atom. The molecule has 0 radical (unpaired) electrons. The summed E-state index contributed by atoms with van der Waals surface area (Å²) in [7, 11) is 2.10. The third kappa shape index (κ3) is 3.79. The number of likely N-dealkylation sites (tertiary alicyclic amines) is 1. The van der Waals surface area contributed by atoms with Crippen molar-refractivity contribution in [1.29, 1.82) is 0 Å². The van der Waals surface area contributed by atoms with E-state index in [0.717, 1.165) is 31.5 Å². The summed E-state index contributed by atoms with van der Waals surface area (Å²) in [5, 5.41) is 2.79. The van der Waals surface area contributed by atoms with Gasteiger partial charge in [0.1, 0.15) is 11.4 Å². The first-order valence-corrected chi connectivity index (χ1v) is 8.97. The van der Waals surface area contributed by atoms with Gasteiger partial charge in [0, 0.05) is 32.5 Å². The van der Waals surface area contributed by atoms with E-state index < -0.39 is 5.60 Å². The van der Waals surface area contributed by atoms with Crippen LogP contribution < -0.4 is 10.1 Å². The van der Waals surface area contributed by atoms with Gasteiger partial charge < -0.3 is 19.9 Å². The van der Waals surface area contributed by atoms with Crippen molar-refractivity contribution in [1.82, 2.24) is 15.1 Å². The molecule has 6 heteroatoms. The number of carbonyl (C=O) groups is 2. The summed E-state index contributed by atoms with van der Waals surface area (Å²) in [5.41, 5.74) is 1.14. The van der Waals surface area contributed by atoms with Crippen molar-refractivity contribution in [2.45, 2.75) is 32.3 Å². The number of benzene rings is 1. The van der Waals surface area contributed by atoms with Gasteiger partial charge in [0.05, 0.1) is 18.7 Å². The van der Waals surface area contributed by atoms with Crippen molar-refractivity contribution in [3.05, 3.63) is 29.3 Å². The second kappa shape index (κ2) is 7.04. The lowest BCUT2D eigenvalue weighted by molar-refractivity contribution is -0.122. The number of rotatable bonds is 3. The van der Waals surface area contributed by atoms with Crippen molar-refractivity contribution in [2.75, 3.05) is 39.8 Å². The van der Waals surface area contributed by atoms with Crippen molar-refractivity contribution in [3.8, 4) is 5.75 Å². The predicted octanol–water partition coefficient (Wildman–Crippen LogP) is 1.43. The van der Waals surface area contributed by atoms with Gasteiger partial charge in [-0.3, -0.25) is 9.59 Å². The summed E-state index contributed by atoms with van der Waals surface area (Å²) in [6.45, 7) is 6.75. The average molecular weight is 345 g/mol. The molecular formula is C19H27N3O3. The third-order valence-electron chi connectivity index (χ3n) is 5.06. The number of nitrogens with zero attached hydrogens (tertiary/aromatic N) is 2. The number of amides is 2. The fourth-order valence-corrected chi connectivity index (χ4v) is 3.60. The van der Waals surface area contributed by atoms with Gasteiger partial charge in [0.2, 0.25) is 5.91 Å². The second-order valence-electron chi connectivity index (χ2n) is 7.20. The minimum Gasteiger partial charge on any atom is -0.484 e. The Morgan fingerprint density at radius 1 is 1.32 bits per heavy atom. The molecule has 25 heavy (non-hydrogen) atoms. The molecule has 0 saturated carbocycles. The quantitative estimate of drug-likeness (QED) is 0.900. The van der Waals surface area contributed by atoms with Crippen LogP contribution in [0, 0.1) is 6.92 Å². The number of likely N-dealkylation sites (N-methyl/N-ethyl adjacent to an activating group) is 1. The number of hydrogen-bond donors (Lipinski definition) is 1. The van der Waals surface area contributed by atoms with Crippen LogP contribution in [0.5, 0.6) is 5.75 Å². The van der Waals surface area contributed by atoms with Gasteiger partial charge in [-0.05, 0) is 33.0 Å². The van der Waals surface area contributed by atoms with Crippen LogP contribution in [0.15, 0.2) is 18.2 Å². The van der Waals surface area contributed by atoms with E-state index in [1.54, 1.807) is 4.90 Å². The predicted molar refractivity (Wildman–Crippen MR) is 95.9 cm³/mol. The van der Waals surface area contributed by atoms with Crippen LogP contribution in [0.3, 0.4) is 0 Å². The lowest BCUT2D eigenvalue weighted by Gasteiger charge is -2.41. The number of nitrogens with one attached hydrogen (secondary N) is 1. The zero-order chi connectivity index (χ0) is 18.0. The maximum atomic E-state index is 13.1. The highest BCUT2D eigenvalue weighted by atomic mass is 16.5. The molecule has 1 saturated heterocycles. The standard InChI is InChI=1S/C19H27N3O3/c1-4-20-17(23)12-22-13-19(7-9-21(3)10-8-19)25-16-6-5-14(2)11-15(16)18(22)24/h5-6,11H,4,7-10,12-13H2,1-3H3,(H,20,23). The Kier molecular flexibility index (Phi) is 4.99. The van der Waals surface area contributed by atoms with Crippen LogP contribution in [-0.4, -0.2) is 67.0 Å². The van der Waals surface area contributed by atoms with Crippen molar-refractivity contribution >= 4 is 11.8 Å². The average Bonchev–Trinajstić information content (AvgIpc) is 2.68. The van der Waals surface area contributed by atoms with Gasteiger partial charge in [-0.1, -0.05) is 11.6 Å². The zero-order valence-electron chi connectivity index (χ0n) is 15.3. The molecule has 0 atom stereocenters. The summed E-state index contributed by atoms with van der Waals surface area (Å²) in [5.74, 6) is 0.384. The molecule has 1 aromatic rings. The minimum atomic E-state index is -0.421. The third-order valence-corrected chi connectivity index (χ3v) is 5.06. The largest absolute Gasteiger partial charge is 0.484 e. The Bertz CT molecular complexity index is 666. The lowest BCUT2D eigenvalue weighted by Crippen LogP contribution is -2.54. The summed E-state index contributed by atoms with van der Waals surface area (Å²) in [6.07, 6.45) is 1.69. The van der Waals surface area contributed by atoms with Gasteiger partial charge in [0.25, 0.3) is 5.91 Å². The maximum absolute atomic E-state index is 13.1. The smallest absolute Gasteiger partial charge is 0.258 e. The molecule has 136 valence electrons. The molecule has 1 N–H and O–H groups in total. The molecule has 2 amide bonds. The minimum absolute atomic E-state index is 0.0704. The molecule has 6 nitrogen and oxygen atoms in total. The second-order valence-corrected chi connectivity index (χ2v) is 7.20. The van der Waals surface area contributed by atoms with Crippen molar-refractivity contribution < 1.29 is 14.3 Å². The van der Waals surface area contributed by atoms with Crippen LogP contribution in [-0.2, 0) is 4.79 Å². The summed E-state index contributed by atoms with van der Waals surface area (Å²) in [4.78, 5) is 29.1. The van der Waals surface area contributed by atoms with E-state index in [-0.39, 0.29) is 18.4 Å². The van der Waals surface area contributed by atoms with E-state index in [1.165, 1.54) is 0 Å². The van der Waals surface area contributed by atoms with E-state index in [9.17, 15) is 9.59 Å². The Hall–Kier alpha value is -2.08. The molecule has 2 aliphatic rings. The highest BCUT2D eigenvalue weighted by Gasteiger charge is 2.42. The molecule has 0 aliphatic carbocycles. The van der Waals surface area contributed by atoms with Gasteiger partial charge in [0.15, 0.2) is 0 Å². The van der Waals surface area contributed by atoms with Gasteiger partial charge in [-0.15, -0.1) is 0 Å². The topological polar surface area (TPSA) is 61.9 Å². The molecule has 0 unspecified atom stereocenters. The van der Waals surface area contributed by atoms with E-state index in [2.05, 4.69) is 17.3 Å². The number of aryl methyl sites for hydroxylation is 1. The number of carbonyl (C=O) groups excluding carboxylic acids is 2. The van der Waals surface area contributed by atoms with Crippen molar-refractivity contribution in [3.63, 3.8) is 0 Å². The van der Waals surface area contributed by atoms with Crippen LogP contribution in [0.1, 0.15) is 35.7 Å². The Labute approximate surface area is 149 Å². The molecule has 2 aliphatic heterocycles. The first kappa shape index (κ1) is 17.7. The van der Waals surface area contributed by atoms with E-state index in [0.29, 0.717) is 24.4 Å². The molecule has 2 heterocycles. The molecule has 3 rings (SSSR count). The van der Waals surface area contributed by atoms with E-state index >= 15 is 0 Å². The van der Waals surface area contributed by atoms with E-state index in [1.807, 2.05) is 32.0 Å². The fourth-order valence-electron chi connectivity index (χ4n) is 3.60. The lowest BCUT2D eigenvalue weighted by atomic mass is 9.90. The maximum Gasteiger partial charge on any atom is 0.258 e. The molecule has 1 fully saturated rings. The Balaban J connectivity index is 1.94. The highest BCUT2D eigenvalue weighted by molar-refractivity contribution is 5.99. The summed E-state index contributed by atoms with van der Waals surface area (Å²) >= 11 is 0. The molecule has 1 spiro atoms. The van der Waals surface area contributed by atoms with E-state index in [4.69, 9.17) is 4.74 Å². The van der Waals surface area contributed by atoms with Gasteiger partial charge in [-0.2, -0.15) is 0 Å². The Morgan fingerprint density at radius 2 is 2.04 bits per heavy atom. The normalized spacial score (nSPS) is 20.0.